The van der Waals surface area contributed by atoms with E-state index in [-0.39, 0.29) is 29.6 Å². The number of benzene rings is 3. The van der Waals surface area contributed by atoms with E-state index in [4.69, 9.17) is 15.2 Å². The zero-order valence-electron chi connectivity index (χ0n) is 29.7. The van der Waals surface area contributed by atoms with Gasteiger partial charge in [-0.2, -0.15) is 5.10 Å². The Labute approximate surface area is 301 Å². The topological polar surface area (TPSA) is 136 Å². The molecule has 4 unspecified atom stereocenters. The SMILES string of the molecule is CC(C)C(C(C)O)n1ncn(-c2ccc(N3CCN(c4ccc(OCC5COC(CN=CN=CN)(c6ccc(F)cc6F)C5)cc4)CC3)cc2)c1=O. The summed E-state index contributed by atoms with van der Waals surface area (Å²) < 4.78 is 43.7. The monoisotopic (exact) mass is 716 g/mol. The molecule has 0 amide bonds. The fraction of sp³-hybridized carbons (Fsp3) is 0.421. The molecule has 3 N–H and O–H groups in total. The summed E-state index contributed by atoms with van der Waals surface area (Å²) in [7, 11) is 0. The van der Waals surface area contributed by atoms with Crippen molar-refractivity contribution in [1.82, 2.24) is 14.3 Å². The van der Waals surface area contributed by atoms with Crippen LogP contribution in [0.4, 0.5) is 20.2 Å². The third-order valence-corrected chi connectivity index (χ3v) is 9.83. The molecule has 12 nitrogen and oxygen atoms in total. The lowest BCUT2D eigenvalue weighted by Gasteiger charge is -2.37. The number of nitrogens with zero attached hydrogens (tertiary/aromatic N) is 7. The van der Waals surface area contributed by atoms with Crippen molar-refractivity contribution in [1.29, 1.82) is 0 Å². The first-order valence-electron chi connectivity index (χ1n) is 17.6. The highest BCUT2D eigenvalue weighted by atomic mass is 19.1. The molecule has 0 radical (unpaired) electrons. The molecule has 0 spiro atoms. The molecule has 4 aromatic rings. The Balaban J connectivity index is 1.01. The number of aliphatic hydroxyl groups is 1. The molecule has 2 saturated heterocycles. The number of rotatable bonds is 13. The van der Waals surface area contributed by atoms with Crippen molar-refractivity contribution < 1.29 is 23.4 Å². The lowest BCUT2D eigenvalue weighted by atomic mass is 9.87. The van der Waals surface area contributed by atoms with Crippen LogP contribution >= 0.6 is 0 Å². The number of hydrogen-bond donors (Lipinski definition) is 2. The van der Waals surface area contributed by atoms with Gasteiger partial charge in [-0.25, -0.2) is 27.8 Å². The Morgan fingerprint density at radius 1 is 1.00 bits per heavy atom. The first-order chi connectivity index (χ1) is 25.1. The predicted molar refractivity (Wildman–Crippen MR) is 198 cm³/mol. The van der Waals surface area contributed by atoms with E-state index in [0.717, 1.165) is 61.4 Å². The first kappa shape index (κ1) is 36.7. The van der Waals surface area contributed by atoms with Crippen molar-refractivity contribution in [3.63, 3.8) is 0 Å². The summed E-state index contributed by atoms with van der Waals surface area (Å²) in [5.74, 6) is -0.603. The quantitative estimate of drug-likeness (QED) is 0.152. The molecule has 3 aromatic carbocycles. The molecule has 52 heavy (non-hydrogen) atoms. The number of anilines is 2. The molecular weight excluding hydrogens is 670 g/mol. The summed E-state index contributed by atoms with van der Waals surface area (Å²) in [6, 6.07) is 19.0. The van der Waals surface area contributed by atoms with Gasteiger partial charge in [0.25, 0.3) is 0 Å². The van der Waals surface area contributed by atoms with E-state index in [0.29, 0.717) is 19.6 Å². The Morgan fingerprint density at radius 3 is 2.23 bits per heavy atom. The summed E-state index contributed by atoms with van der Waals surface area (Å²) >= 11 is 0. The van der Waals surface area contributed by atoms with E-state index in [9.17, 15) is 18.7 Å². The second-order valence-electron chi connectivity index (χ2n) is 13.8. The Kier molecular flexibility index (Phi) is 11.3. The first-order valence-corrected chi connectivity index (χ1v) is 17.6. The summed E-state index contributed by atoms with van der Waals surface area (Å²) in [6.07, 6.45) is 3.65. The van der Waals surface area contributed by atoms with Crippen LogP contribution in [0.25, 0.3) is 5.69 Å². The summed E-state index contributed by atoms with van der Waals surface area (Å²) in [5.41, 5.74) is 7.10. The molecule has 6 rings (SSSR count). The molecule has 1 aromatic heterocycles. The van der Waals surface area contributed by atoms with Crippen LogP contribution in [0.5, 0.6) is 5.75 Å². The number of aliphatic hydroxyl groups excluding tert-OH is 1. The minimum Gasteiger partial charge on any atom is -0.493 e. The van der Waals surface area contributed by atoms with E-state index < -0.39 is 29.4 Å². The molecule has 2 fully saturated rings. The van der Waals surface area contributed by atoms with Gasteiger partial charge in [-0.15, -0.1) is 0 Å². The van der Waals surface area contributed by atoms with Gasteiger partial charge in [0, 0.05) is 55.1 Å². The Morgan fingerprint density at radius 2 is 1.63 bits per heavy atom. The Hall–Kier alpha value is -5.08. The van der Waals surface area contributed by atoms with Crippen molar-refractivity contribution >= 4 is 24.1 Å². The molecule has 0 aliphatic carbocycles. The molecule has 2 aliphatic heterocycles. The van der Waals surface area contributed by atoms with E-state index in [1.54, 1.807) is 6.92 Å². The van der Waals surface area contributed by atoms with Crippen molar-refractivity contribution in [2.45, 2.75) is 44.9 Å². The normalized spacial score (nSPS) is 20.7. The lowest BCUT2D eigenvalue weighted by Crippen LogP contribution is -2.46. The zero-order chi connectivity index (χ0) is 36.8. The number of aromatic nitrogens is 3. The number of nitrogens with two attached hydrogens (primary N) is 1. The number of hydrogen-bond acceptors (Lipinski definition) is 8. The molecule has 14 heteroatoms. The Bertz CT molecular complexity index is 1900. The summed E-state index contributed by atoms with van der Waals surface area (Å²) in [5, 5.41) is 14.5. The highest BCUT2D eigenvalue weighted by Gasteiger charge is 2.44. The maximum absolute atomic E-state index is 14.9. The smallest absolute Gasteiger partial charge is 0.350 e. The van der Waals surface area contributed by atoms with Crippen LogP contribution in [-0.2, 0) is 10.3 Å². The number of piperazine rings is 1. The van der Waals surface area contributed by atoms with E-state index in [2.05, 4.69) is 37.0 Å². The van der Waals surface area contributed by atoms with Gasteiger partial charge >= 0.3 is 5.69 Å². The van der Waals surface area contributed by atoms with Gasteiger partial charge in [0.1, 0.15) is 35.7 Å². The largest absolute Gasteiger partial charge is 0.493 e. The fourth-order valence-electron chi connectivity index (χ4n) is 7.24. The lowest BCUT2D eigenvalue weighted by molar-refractivity contribution is 0.00416. The van der Waals surface area contributed by atoms with Crippen molar-refractivity contribution in [2.75, 3.05) is 55.7 Å². The number of halogens is 2. The van der Waals surface area contributed by atoms with Crippen LogP contribution in [0.3, 0.4) is 0 Å². The van der Waals surface area contributed by atoms with E-state index in [1.807, 2.05) is 50.2 Å². The molecule has 0 saturated carbocycles. The molecule has 4 atom stereocenters. The van der Waals surface area contributed by atoms with Crippen LogP contribution in [0, 0.1) is 23.5 Å². The van der Waals surface area contributed by atoms with Crippen LogP contribution in [0.15, 0.2) is 87.8 Å². The van der Waals surface area contributed by atoms with Crippen LogP contribution in [0.1, 0.15) is 38.8 Å². The number of ether oxygens (including phenoxy) is 2. The molecule has 276 valence electrons. The zero-order valence-corrected chi connectivity index (χ0v) is 29.7. The molecule has 3 heterocycles. The highest BCUT2D eigenvalue weighted by molar-refractivity contribution is 5.69. The number of aliphatic imine (C=N–C) groups is 2. The average Bonchev–Trinajstić information content (AvgIpc) is 3.73. The van der Waals surface area contributed by atoms with Crippen molar-refractivity contribution in [3.8, 4) is 11.4 Å². The summed E-state index contributed by atoms with van der Waals surface area (Å²) in [6.45, 7) is 9.75. The van der Waals surface area contributed by atoms with Gasteiger partial charge in [0.15, 0.2) is 0 Å². The standard InChI is InChI=1S/C38H46F2N8O4/c1-26(2)36(27(3)49)48-37(50)47(25-44-48)32-7-5-30(6-8-32)45-14-16-46(17-15-45)31-9-11-33(12-10-31)51-20-28-19-38(52-21-28,22-42-24-43-23-41)34-13-4-29(39)18-35(34)40/h4-13,18,23-28,36,49H,14-17,19-22H2,1-3H3,(H2,41,42,43). The predicted octanol–water partition coefficient (Wildman–Crippen LogP) is 4.54. The third kappa shape index (κ3) is 8.02. The fourth-order valence-corrected chi connectivity index (χ4v) is 7.24. The molecular formula is C38H46F2N8O4. The minimum absolute atomic E-state index is 0.0366. The van der Waals surface area contributed by atoms with Gasteiger partial charge in [-0.3, -0.25) is 4.99 Å². The van der Waals surface area contributed by atoms with Gasteiger partial charge in [0.05, 0.1) is 43.9 Å². The van der Waals surface area contributed by atoms with Crippen molar-refractivity contribution in [3.05, 3.63) is 101 Å². The maximum atomic E-state index is 14.9. The van der Waals surface area contributed by atoms with Crippen LogP contribution in [0.2, 0.25) is 0 Å². The summed E-state index contributed by atoms with van der Waals surface area (Å²) in [4.78, 5) is 25.8. The molecule has 2 aliphatic rings. The molecule has 0 bridgehead atoms. The second-order valence-corrected chi connectivity index (χ2v) is 13.8. The second kappa shape index (κ2) is 16.1. The van der Waals surface area contributed by atoms with Gasteiger partial charge in [-0.1, -0.05) is 19.9 Å². The third-order valence-electron chi connectivity index (χ3n) is 9.83. The van der Waals surface area contributed by atoms with Crippen LogP contribution in [-0.4, -0.2) is 84.2 Å². The average molecular weight is 717 g/mol. The van der Waals surface area contributed by atoms with Gasteiger partial charge < -0.3 is 30.1 Å². The van der Waals surface area contributed by atoms with Gasteiger partial charge in [0.2, 0.25) is 0 Å². The van der Waals surface area contributed by atoms with Gasteiger partial charge in [-0.05, 0) is 73.9 Å². The van der Waals surface area contributed by atoms with E-state index >= 15 is 0 Å². The maximum Gasteiger partial charge on any atom is 0.350 e. The minimum atomic E-state index is -1.07. The van der Waals surface area contributed by atoms with Crippen molar-refractivity contribution in [2.24, 2.45) is 27.6 Å². The highest BCUT2D eigenvalue weighted by Crippen LogP contribution is 2.41. The van der Waals surface area contributed by atoms with Crippen LogP contribution < -0.4 is 26.0 Å². The van der Waals surface area contributed by atoms with E-state index in [1.165, 1.54) is 34.0 Å².